The summed E-state index contributed by atoms with van der Waals surface area (Å²) in [5, 5.41) is 12.7. The average molecular weight is 387 g/mol. The van der Waals surface area contributed by atoms with E-state index in [1.807, 2.05) is 6.07 Å². The summed E-state index contributed by atoms with van der Waals surface area (Å²) in [5.74, 6) is 0.0353. The molecule has 1 spiro atoms. The predicted octanol–water partition coefficient (Wildman–Crippen LogP) is 0.501. The molecule has 8 heteroatoms. The van der Waals surface area contributed by atoms with Gasteiger partial charge in [0.1, 0.15) is 5.75 Å². The number of hydrogen-bond acceptors (Lipinski definition) is 5. The molecule has 150 valence electrons. The van der Waals surface area contributed by atoms with Crippen LogP contribution < -0.4 is 10.1 Å². The normalized spacial score (nSPS) is 27.7. The summed E-state index contributed by atoms with van der Waals surface area (Å²) in [6, 6.07) is 7.05. The third-order valence-corrected chi connectivity index (χ3v) is 5.73. The van der Waals surface area contributed by atoms with Crippen LogP contribution in [0.5, 0.6) is 5.75 Å². The van der Waals surface area contributed by atoms with Gasteiger partial charge >= 0.3 is 0 Å². The van der Waals surface area contributed by atoms with Crippen LogP contribution in [-0.4, -0.2) is 70.6 Å². The molecule has 2 fully saturated rings. The van der Waals surface area contributed by atoms with Crippen molar-refractivity contribution in [2.24, 2.45) is 0 Å². The van der Waals surface area contributed by atoms with E-state index in [2.05, 4.69) is 5.32 Å². The van der Waals surface area contributed by atoms with Gasteiger partial charge < -0.3 is 25.0 Å². The summed E-state index contributed by atoms with van der Waals surface area (Å²) in [6.45, 7) is 1.24. The van der Waals surface area contributed by atoms with Crippen molar-refractivity contribution in [3.63, 3.8) is 0 Å². The maximum atomic E-state index is 12.6. The van der Waals surface area contributed by atoms with Crippen LogP contribution in [-0.2, 0) is 9.59 Å². The zero-order chi connectivity index (χ0) is 19.7. The average Bonchev–Trinajstić information content (AvgIpc) is 2.82. The molecule has 0 aromatic heterocycles. The third-order valence-electron chi connectivity index (χ3n) is 5.73. The van der Waals surface area contributed by atoms with Crippen LogP contribution in [0.2, 0.25) is 0 Å². The summed E-state index contributed by atoms with van der Waals surface area (Å²) in [7, 11) is 0. The summed E-state index contributed by atoms with van der Waals surface area (Å²) < 4.78 is 6.10. The van der Waals surface area contributed by atoms with E-state index in [0.29, 0.717) is 50.2 Å². The lowest BCUT2D eigenvalue weighted by molar-refractivity contribution is -0.141. The molecule has 8 nitrogen and oxygen atoms in total. The maximum Gasteiger partial charge on any atom is 0.258 e. The number of β-amino-alcohol motifs (C(OH)–C–C–N with tert-alkyl or cyclic N) is 1. The summed E-state index contributed by atoms with van der Waals surface area (Å²) in [5.41, 5.74) is -0.445. The molecule has 3 aliphatic heterocycles. The molecule has 0 radical (unpaired) electrons. The van der Waals surface area contributed by atoms with Gasteiger partial charge in [-0.3, -0.25) is 14.4 Å². The number of para-hydroxylation sites is 1. The molecule has 2 unspecified atom stereocenters. The molecule has 2 saturated heterocycles. The van der Waals surface area contributed by atoms with Crippen molar-refractivity contribution in [1.82, 2.24) is 15.1 Å². The number of piperidine rings is 1. The number of carbonyl (C=O) groups excluding carboxylic acids is 3. The smallest absolute Gasteiger partial charge is 0.258 e. The van der Waals surface area contributed by atoms with Crippen molar-refractivity contribution in [3.8, 4) is 5.75 Å². The fourth-order valence-corrected chi connectivity index (χ4v) is 4.12. The molecule has 3 aliphatic rings. The fourth-order valence-electron chi connectivity index (χ4n) is 4.12. The Balaban J connectivity index is 1.43. The quantitative estimate of drug-likeness (QED) is 0.770. The van der Waals surface area contributed by atoms with Crippen molar-refractivity contribution < 1.29 is 24.2 Å². The number of rotatable bonds is 2. The summed E-state index contributed by atoms with van der Waals surface area (Å²) in [4.78, 5) is 40.8. The van der Waals surface area contributed by atoms with E-state index < -0.39 is 11.8 Å². The molecule has 0 aliphatic carbocycles. The second-order valence-corrected chi connectivity index (χ2v) is 7.75. The van der Waals surface area contributed by atoms with Crippen LogP contribution in [0.3, 0.4) is 0 Å². The number of nitrogens with one attached hydrogen (secondary N) is 1. The molecule has 0 saturated carbocycles. The summed E-state index contributed by atoms with van der Waals surface area (Å²) in [6.07, 6.45) is 1.94. The van der Waals surface area contributed by atoms with Crippen molar-refractivity contribution in [3.05, 3.63) is 29.8 Å². The number of likely N-dealkylation sites (tertiary alicyclic amines) is 2. The second kappa shape index (κ2) is 7.43. The van der Waals surface area contributed by atoms with Crippen molar-refractivity contribution >= 4 is 17.7 Å². The maximum absolute atomic E-state index is 12.6. The molecule has 2 atom stereocenters. The SMILES string of the molecule is O=C1NC2(CCC(=O)N(CC(=O)N3CCCC(O)C3)CC2)Oc2ccccc21. The zero-order valence-electron chi connectivity index (χ0n) is 15.7. The van der Waals surface area contributed by atoms with E-state index in [-0.39, 0.29) is 30.7 Å². The van der Waals surface area contributed by atoms with Gasteiger partial charge in [-0.2, -0.15) is 0 Å². The Labute approximate surface area is 163 Å². The Kier molecular flexibility index (Phi) is 4.97. The number of nitrogens with zero attached hydrogens (tertiary/aromatic N) is 2. The van der Waals surface area contributed by atoms with Crippen LogP contribution in [0.15, 0.2) is 24.3 Å². The molecule has 4 rings (SSSR count). The predicted molar refractivity (Wildman–Crippen MR) is 99.5 cm³/mol. The Morgan fingerprint density at radius 2 is 2.07 bits per heavy atom. The van der Waals surface area contributed by atoms with Crippen LogP contribution >= 0.6 is 0 Å². The highest BCUT2D eigenvalue weighted by molar-refractivity contribution is 5.98. The minimum atomic E-state index is -0.930. The molecule has 28 heavy (non-hydrogen) atoms. The number of carbonyl (C=O) groups is 3. The van der Waals surface area contributed by atoms with Gasteiger partial charge in [0.15, 0.2) is 5.72 Å². The molecule has 3 amide bonds. The Morgan fingerprint density at radius 3 is 2.89 bits per heavy atom. The molecule has 3 heterocycles. The number of aliphatic hydroxyl groups is 1. The fraction of sp³-hybridized carbons (Fsp3) is 0.550. The van der Waals surface area contributed by atoms with Gasteiger partial charge in [-0.1, -0.05) is 12.1 Å². The zero-order valence-corrected chi connectivity index (χ0v) is 15.7. The van der Waals surface area contributed by atoms with Gasteiger partial charge in [0.05, 0.1) is 18.2 Å². The van der Waals surface area contributed by atoms with E-state index in [4.69, 9.17) is 4.74 Å². The largest absolute Gasteiger partial charge is 0.467 e. The van der Waals surface area contributed by atoms with E-state index in [1.165, 1.54) is 4.90 Å². The first-order valence-electron chi connectivity index (χ1n) is 9.80. The van der Waals surface area contributed by atoms with Crippen LogP contribution in [0.1, 0.15) is 42.5 Å². The standard InChI is InChI=1S/C20H25N3O5/c24-14-4-3-10-22(12-14)18(26)13-23-11-9-20(8-7-17(23)25)21-19(27)15-5-1-2-6-16(15)28-20/h1-2,5-6,14,24H,3-4,7-13H2,(H,21,27). The Bertz CT molecular complexity index is 798. The van der Waals surface area contributed by atoms with Crippen LogP contribution in [0.4, 0.5) is 0 Å². The lowest BCUT2D eigenvalue weighted by Crippen LogP contribution is -2.56. The van der Waals surface area contributed by atoms with Crippen molar-refractivity contribution in [1.29, 1.82) is 0 Å². The molecule has 2 N–H and O–H groups in total. The molecular formula is C20H25N3O5. The minimum Gasteiger partial charge on any atom is -0.467 e. The number of amides is 3. The van der Waals surface area contributed by atoms with Gasteiger partial charge in [-0.25, -0.2) is 0 Å². The highest BCUT2D eigenvalue weighted by Crippen LogP contribution is 2.33. The first-order chi connectivity index (χ1) is 13.5. The monoisotopic (exact) mass is 387 g/mol. The number of ether oxygens (including phenoxy) is 1. The van der Waals surface area contributed by atoms with Crippen molar-refractivity contribution in [2.75, 3.05) is 26.2 Å². The van der Waals surface area contributed by atoms with E-state index in [0.717, 1.165) is 6.42 Å². The van der Waals surface area contributed by atoms with Gasteiger partial charge in [-0.05, 0) is 25.0 Å². The number of benzene rings is 1. The number of fused-ring (bicyclic) bond motifs is 1. The van der Waals surface area contributed by atoms with E-state index in [9.17, 15) is 19.5 Å². The van der Waals surface area contributed by atoms with E-state index >= 15 is 0 Å². The van der Waals surface area contributed by atoms with Crippen LogP contribution in [0.25, 0.3) is 0 Å². The number of aliphatic hydroxyl groups excluding tert-OH is 1. The Hall–Kier alpha value is -2.61. The number of hydrogen-bond donors (Lipinski definition) is 2. The second-order valence-electron chi connectivity index (χ2n) is 7.75. The first-order valence-corrected chi connectivity index (χ1v) is 9.80. The van der Waals surface area contributed by atoms with Gasteiger partial charge in [0.2, 0.25) is 11.8 Å². The van der Waals surface area contributed by atoms with Gasteiger partial charge in [0, 0.05) is 38.9 Å². The van der Waals surface area contributed by atoms with Crippen LogP contribution in [0, 0.1) is 0 Å². The summed E-state index contributed by atoms with van der Waals surface area (Å²) >= 11 is 0. The lowest BCUT2D eigenvalue weighted by Gasteiger charge is -2.38. The van der Waals surface area contributed by atoms with Crippen molar-refractivity contribution in [2.45, 2.75) is 43.9 Å². The topological polar surface area (TPSA) is 99.2 Å². The highest BCUT2D eigenvalue weighted by Gasteiger charge is 2.42. The van der Waals surface area contributed by atoms with Gasteiger partial charge in [-0.15, -0.1) is 0 Å². The Morgan fingerprint density at radius 1 is 1.25 bits per heavy atom. The molecule has 0 bridgehead atoms. The third kappa shape index (κ3) is 3.69. The first kappa shape index (κ1) is 18.7. The van der Waals surface area contributed by atoms with Gasteiger partial charge in [0.25, 0.3) is 5.91 Å². The molecule has 1 aromatic carbocycles. The molecular weight excluding hydrogens is 362 g/mol. The lowest BCUT2D eigenvalue weighted by atomic mass is 10.0. The minimum absolute atomic E-state index is 0.00777. The molecule has 1 aromatic rings. The van der Waals surface area contributed by atoms with E-state index in [1.54, 1.807) is 23.1 Å². The highest BCUT2D eigenvalue weighted by atomic mass is 16.5.